The molecule has 0 unspecified atom stereocenters. The van der Waals surface area contributed by atoms with Gasteiger partial charge in [-0.25, -0.2) is 4.79 Å². The van der Waals surface area contributed by atoms with Crippen molar-refractivity contribution in [2.45, 2.75) is 13.0 Å². The van der Waals surface area contributed by atoms with Crippen molar-refractivity contribution in [1.82, 2.24) is 10.2 Å². The maximum Gasteiger partial charge on any atom is 0.340 e. The maximum absolute atomic E-state index is 12.2. The van der Waals surface area contributed by atoms with Crippen LogP contribution in [0.3, 0.4) is 0 Å². The molecule has 0 aliphatic carbocycles. The summed E-state index contributed by atoms with van der Waals surface area (Å²) in [6, 6.07) is 13.8. The van der Waals surface area contributed by atoms with Crippen LogP contribution in [-0.2, 0) is 4.74 Å². The van der Waals surface area contributed by atoms with Crippen LogP contribution in [0.4, 0.5) is 0 Å². The average molecular weight is 359 g/mol. The quantitative estimate of drug-likeness (QED) is 0.632. The number of ether oxygens (including phenoxy) is 2. The topological polar surface area (TPSA) is 74.5 Å². The number of carbonyl (C=O) groups is 1. The predicted molar refractivity (Wildman–Crippen MR) is 91.6 cm³/mol. The number of aromatic nitrogens is 2. The van der Waals surface area contributed by atoms with Gasteiger partial charge < -0.3 is 13.9 Å². The average Bonchev–Trinajstić information content (AvgIpc) is 3.12. The third kappa shape index (κ3) is 3.80. The second kappa shape index (κ2) is 7.36. The van der Waals surface area contributed by atoms with Crippen molar-refractivity contribution in [2.75, 3.05) is 7.11 Å². The molecule has 0 aliphatic heterocycles. The molecule has 3 rings (SSSR count). The SMILES string of the molecule is COc1ccc(-c2nnc([C@H](C)OC(=O)c3ccccc3Cl)o2)cc1. The Bertz CT molecular complexity index is 877. The molecule has 1 aromatic heterocycles. The van der Waals surface area contributed by atoms with Gasteiger partial charge in [0.05, 0.1) is 17.7 Å². The van der Waals surface area contributed by atoms with E-state index in [4.69, 9.17) is 25.5 Å². The summed E-state index contributed by atoms with van der Waals surface area (Å²) in [5.41, 5.74) is 1.02. The van der Waals surface area contributed by atoms with E-state index in [9.17, 15) is 4.79 Å². The van der Waals surface area contributed by atoms with Crippen LogP contribution in [0.2, 0.25) is 5.02 Å². The Labute approximate surface area is 149 Å². The first-order chi connectivity index (χ1) is 12.1. The third-order valence-corrected chi connectivity index (χ3v) is 3.83. The molecular formula is C18H15ClN2O4. The fourth-order valence-electron chi connectivity index (χ4n) is 2.15. The predicted octanol–water partition coefficient (Wildman–Crippen LogP) is 4.32. The molecule has 7 heteroatoms. The van der Waals surface area contributed by atoms with Crippen LogP contribution in [0, 0.1) is 0 Å². The Balaban J connectivity index is 1.73. The van der Waals surface area contributed by atoms with Crippen LogP contribution in [0.1, 0.15) is 29.3 Å². The van der Waals surface area contributed by atoms with E-state index in [-0.39, 0.29) is 11.5 Å². The zero-order valence-corrected chi connectivity index (χ0v) is 14.4. The van der Waals surface area contributed by atoms with Gasteiger partial charge in [0.25, 0.3) is 5.89 Å². The number of benzene rings is 2. The van der Waals surface area contributed by atoms with Gasteiger partial charge in [0.2, 0.25) is 5.89 Å². The smallest absolute Gasteiger partial charge is 0.340 e. The minimum atomic E-state index is -0.705. The molecule has 0 saturated carbocycles. The molecule has 0 spiro atoms. The lowest BCUT2D eigenvalue weighted by Gasteiger charge is -2.10. The van der Waals surface area contributed by atoms with Crippen LogP contribution < -0.4 is 4.74 Å². The summed E-state index contributed by atoms with van der Waals surface area (Å²) >= 11 is 5.99. The summed E-state index contributed by atoms with van der Waals surface area (Å²) in [4.78, 5) is 12.2. The number of esters is 1. The molecule has 1 heterocycles. The lowest BCUT2D eigenvalue weighted by molar-refractivity contribution is 0.0280. The number of hydrogen-bond acceptors (Lipinski definition) is 6. The van der Waals surface area contributed by atoms with Gasteiger partial charge in [-0.05, 0) is 43.3 Å². The van der Waals surface area contributed by atoms with Crippen LogP contribution in [0.15, 0.2) is 52.9 Å². The van der Waals surface area contributed by atoms with E-state index >= 15 is 0 Å². The minimum Gasteiger partial charge on any atom is -0.497 e. The highest BCUT2D eigenvalue weighted by molar-refractivity contribution is 6.33. The fourth-order valence-corrected chi connectivity index (χ4v) is 2.36. The number of hydrogen-bond donors (Lipinski definition) is 0. The highest BCUT2D eigenvalue weighted by Crippen LogP contribution is 2.25. The molecule has 3 aromatic rings. The third-order valence-electron chi connectivity index (χ3n) is 3.50. The molecule has 0 bridgehead atoms. The van der Waals surface area contributed by atoms with Crippen molar-refractivity contribution in [2.24, 2.45) is 0 Å². The monoisotopic (exact) mass is 358 g/mol. The zero-order chi connectivity index (χ0) is 17.8. The molecular weight excluding hydrogens is 344 g/mol. The lowest BCUT2D eigenvalue weighted by Crippen LogP contribution is -2.10. The Morgan fingerprint density at radius 3 is 2.52 bits per heavy atom. The van der Waals surface area contributed by atoms with Crippen LogP contribution in [0.25, 0.3) is 11.5 Å². The molecule has 6 nitrogen and oxygen atoms in total. The highest BCUT2D eigenvalue weighted by Gasteiger charge is 2.21. The van der Waals surface area contributed by atoms with Crippen molar-refractivity contribution in [3.05, 3.63) is 65.0 Å². The largest absolute Gasteiger partial charge is 0.497 e. The molecule has 0 fully saturated rings. The lowest BCUT2D eigenvalue weighted by atomic mass is 10.2. The van der Waals surface area contributed by atoms with Crippen LogP contribution in [0.5, 0.6) is 5.75 Å². The summed E-state index contributed by atoms with van der Waals surface area (Å²) in [7, 11) is 1.59. The first kappa shape index (κ1) is 17.0. The van der Waals surface area contributed by atoms with E-state index in [1.165, 1.54) is 0 Å². The molecule has 128 valence electrons. The first-order valence-corrected chi connectivity index (χ1v) is 7.89. The van der Waals surface area contributed by atoms with E-state index in [1.54, 1.807) is 62.6 Å². The number of methoxy groups -OCH3 is 1. The summed E-state index contributed by atoms with van der Waals surface area (Å²) in [5.74, 6) is 0.706. The molecule has 0 amide bonds. The number of carbonyl (C=O) groups excluding carboxylic acids is 1. The second-order valence-corrected chi connectivity index (χ2v) is 5.61. The van der Waals surface area contributed by atoms with Crippen LogP contribution >= 0.6 is 11.6 Å². The van der Waals surface area contributed by atoms with E-state index in [0.29, 0.717) is 10.9 Å². The standard InChI is InChI=1S/C18H15ClN2O4/c1-11(24-18(22)14-5-3-4-6-15(14)19)16-20-21-17(25-16)12-7-9-13(23-2)10-8-12/h3-11H,1-2H3/t11-/m0/s1. The van der Waals surface area contributed by atoms with Crippen molar-refractivity contribution in [1.29, 1.82) is 0 Å². The van der Waals surface area contributed by atoms with Gasteiger partial charge in [-0.2, -0.15) is 0 Å². The minimum absolute atomic E-state index is 0.200. The van der Waals surface area contributed by atoms with E-state index in [2.05, 4.69) is 10.2 Å². The number of nitrogens with zero attached hydrogens (tertiary/aromatic N) is 2. The zero-order valence-electron chi connectivity index (χ0n) is 13.6. The number of rotatable bonds is 5. The van der Waals surface area contributed by atoms with Crippen molar-refractivity contribution in [3.8, 4) is 17.2 Å². The van der Waals surface area contributed by atoms with Gasteiger partial charge in [-0.1, -0.05) is 23.7 Å². The Morgan fingerprint density at radius 2 is 1.84 bits per heavy atom. The van der Waals surface area contributed by atoms with Gasteiger partial charge in [0.1, 0.15) is 5.75 Å². The van der Waals surface area contributed by atoms with Gasteiger partial charge in [0, 0.05) is 5.56 Å². The molecule has 0 saturated heterocycles. The Morgan fingerprint density at radius 1 is 1.12 bits per heavy atom. The highest BCUT2D eigenvalue weighted by atomic mass is 35.5. The van der Waals surface area contributed by atoms with Gasteiger partial charge in [-0.15, -0.1) is 10.2 Å². The fraction of sp³-hybridized carbons (Fsp3) is 0.167. The molecule has 25 heavy (non-hydrogen) atoms. The normalized spacial score (nSPS) is 11.8. The second-order valence-electron chi connectivity index (χ2n) is 5.20. The molecule has 0 radical (unpaired) electrons. The van der Waals surface area contributed by atoms with Gasteiger partial charge in [0.15, 0.2) is 6.10 Å². The number of halogens is 1. The van der Waals surface area contributed by atoms with Crippen molar-refractivity contribution in [3.63, 3.8) is 0 Å². The van der Waals surface area contributed by atoms with Crippen molar-refractivity contribution < 1.29 is 18.7 Å². The first-order valence-electron chi connectivity index (χ1n) is 7.52. The summed E-state index contributed by atoms with van der Waals surface area (Å²) in [6.07, 6.45) is -0.705. The van der Waals surface area contributed by atoms with E-state index in [1.807, 2.05) is 0 Å². The van der Waals surface area contributed by atoms with Gasteiger partial charge >= 0.3 is 5.97 Å². The molecule has 0 N–H and O–H groups in total. The van der Waals surface area contributed by atoms with Gasteiger partial charge in [-0.3, -0.25) is 0 Å². The summed E-state index contributed by atoms with van der Waals surface area (Å²) in [5, 5.41) is 8.26. The molecule has 0 aliphatic rings. The van der Waals surface area contributed by atoms with E-state index in [0.717, 1.165) is 11.3 Å². The summed E-state index contributed by atoms with van der Waals surface area (Å²) < 4.78 is 16.1. The summed E-state index contributed by atoms with van der Waals surface area (Å²) in [6.45, 7) is 1.65. The molecule has 1 atom stereocenters. The van der Waals surface area contributed by atoms with Crippen LogP contribution in [-0.4, -0.2) is 23.3 Å². The van der Waals surface area contributed by atoms with E-state index < -0.39 is 12.1 Å². The Hall–Kier alpha value is -2.86. The maximum atomic E-state index is 12.2. The van der Waals surface area contributed by atoms with Crippen molar-refractivity contribution >= 4 is 17.6 Å². The molecule has 2 aromatic carbocycles. The Kier molecular flexibility index (Phi) is 5.00.